The maximum atomic E-state index is 6.62. The Bertz CT molecular complexity index is 1110. The van der Waals surface area contributed by atoms with Gasteiger partial charge in [-0.2, -0.15) is 5.10 Å². The van der Waals surface area contributed by atoms with Gasteiger partial charge in [0.15, 0.2) is 0 Å². The molecule has 0 bridgehead atoms. The van der Waals surface area contributed by atoms with Gasteiger partial charge in [-0.1, -0.05) is 36.4 Å². The number of hydrogen-bond donors (Lipinski definition) is 1. The third-order valence-electron chi connectivity index (χ3n) is 6.55. The Kier molecular flexibility index (Phi) is 4.42. The van der Waals surface area contributed by atoms with Crippen LogP contribution in [0.3, 0.4) is 0 Å². The van der Waals surface area contributed by atoms with Crippen LogP contribution in [0.2, 0.25) is 0 Å². The fourth-order valence-corrected chi connectivity index (χ4v) is 5.00. The molecule has 156 valence electrons. The summed E-state index contributed by atoms with van der Waals surface area (Å²) in [4.78, 5) is 0. The molecule has 31 heavy (non-hydrogen) atoms. The van der Waals surface area contributed by atoms with Gasteiger partial charge in [0, 0.05) is 12.0 Å². The number of nitrogens with two attached hydrogens (primary N) is 1. The largest absolute Gasteiger partial charge is 0.466 e. The van der Waals surface area contributed by atoms with Crippen molar-refractivity contribution in [2.45, 2.75) is 31.0 Å². The molecule has 5 nitrogen and oxygen atoms in total. The summed E-state index contributed by atoms with van der Waals surface area (Å²) in [5.41, 5.74) is 3.17. The maximum Gasteiger partial charge on any atom is 0.208 e. The average molecular weight is 413 g/mol. The van der Waals surface area contributed by atoms with Crippen LogP contribution in [-0.2, 0) is 0 Å². The topological polar surface area (TPSA) is 50.7 Å². The lowest BCUT2D eigenvalue weighted by molar-refractivity contribution is -0.670. The first-order valence-corrected chi connectivity index (χ1v) is 11.1. The highest BCUT2D eigenvalue weighted by atomic mass is 16.5. The van der Waals surface area contributed by atoms with Crippen molar-refractivity contribution < 1.29 is 14.8 Å². The van der Waals surface area contributed by atoms with Gasteiger partial charge < -0.3 is 14.8 Å². The molecular weight excluding hydrogens is 386 g/mol. The maximum absolute atomic E-state index is 6.62. The summed E-state index contributed by atoms with van der Waals surface area (Å²) in [6, 6.07) is 26.8. The van der Waals surface area contributed by atoms with E-state index in [-0.39, 0.29) is 11.8 Å². The number of piperidine rings is 1. The molecule has 1 atom stereocenters. The van der Waals surface area contributed by atoms with Crippen LogP contribution in [0.15, 0.2) is 84.0 Å². The number of nitrogens with zero attached hydrogens (tertiary/aromatic N) is 2. The summed E-state index contributed by atoms with van der Waals surface area (Å²) >= 11 is 0. The quantitative estimate of drug-likeness (QED) is 0.705. The normalized spacial score (nSPS) is 21.1. The highest BCUT2D eigenvalue weighted by Gasteiger charge is 2.51. The Morgan fingerprint density at radius 1 is 0.871 bits per heavy atom. The molecule has 0 amide bonds. The Morgan fingerprint density at radius 2 is 1.58 bits per heavy atom. The highest BCUT2D eigenvalue weighted by molar-refractivity contribution is 6.02. The first-order valence-electron chi connectivity index (χ1n) is 11.1. The van der Waals surface area contributed by atoms with Gasteiger partial charge in [-0.15, -0.1) is 0 Å². The lowest BCUT2D eigenvalue weighted by atomic mass is 9.91. The molecule has 0 aromatic heterocycles. The minimum atomic E-state index is -0.327. The SMILES string of the molecule is c1ccc(Oc2ccc(C3=NN4[C@H](C3)c3ccccc3OC43CC[NH2+]CC3)cc2)cc1. The van der Waals surface area contributed by atoms with Gasteiger partial charge in [-0.3, -0.25) is 0 Å². The minimum Gasteiger partial charge on any atom is -0.466 e. The molecule has 1 spiro atoms. The van der Waals surface area contributed by atoms with Gasteiger partial charge in [0.2, 0.25) is 5.72 Å². The van der Waals surface area contributed by atoms with E-state index in [4.69, 9.17) is 14.6 Å². The molecule has 0 aliphatic carbocycles. The molecule has 0 radical (unpaired) electrons. The Morgan fingerprint density at radius 3 is 2.39 bits per heavy atom. The van der Waals surface area contributed by atoms with E-state index in [0.29, 0.717) is 0 Å². The molecule has 2 N–H and O–H groups in total. The summed E-state index contributed by atoms with van der Waals surface area (Å²) in [5.74, 6) is 2.70. The van der Waals surface area contributed by atoms with Crippen LogP contribution in [0.4, 0.5) is 0 Å². The van der Waals surface area contributed by atoms with Crippen LogP contribution in [0, 0.1) is 0 Å². The van der Waals surface area contributed by atoms with E-state index >= 15 is 0 Å². The Balaban J connectivity index is 1.30. The zero-order chi connectivity index (χ0) is 20.7. The van der Waals surface area contributed by atoms with Crippen molar-refractivity contribution in [3.8, 4) is 17.2 Å². The molecule has 6 rings (SSSR count). The second-order valence-electron chi connectivity index (χ2n) is 8.50. The third kappa shape index (κ3) is 3.26. The molecule has 3 aromatic rings. The Hall–Kier alpha value is -3.31. The predicted molar refractivity (Wildman–Crippen MR) is 119 cm³/mol. The lowest BCUT2D eigenvalue weighted by Gasteiger charge is -2.48. The van der Waals surface area contributed by atoms with Crippen molar-refractivity contribution in [2.24, 2.45) is 5.10 Å². The minimum absolute atomic E-state index is 0.235. The van der Waals surface area contributed by atoms with Crippen molar-refractivity contribution in [2.75, 3.05) is 13.1 Å². The van der Waals surface area contributed by atoms with Crippen LogP contribution < -0.4 is 14.8 Å². The van der Waals surface area contributed by atoms with E-state index in [1.165, 1.54) is 5.56 Å². The van der Waals surface area contributed by atoms with E-state index in [9.17, 15) is 0 Å². The number of rotatable bonds is 3. The molecule has 1 fully saturated rings. The van der Waals surface area contributed by atoms with Gasteiger partial charge in [-0.25, -0.2) is 5.01 Å². The molecule has 5 heteroatoms. The van der Waals surface area contributed by atoms with Crippen LogP contribution in [0.25, 0.3) is 0 Å². The van der Waals surface area contributed by atoms with E-state index < -0.39 is 0 Å². The number of quaternary nitrogens is 1. The number of hydrogen-bond acceptors (Lipinski definition) is 4. The van der Waals surface area contributed by atoms with Gasteiger partial charge in [-0.05, 0) is 48.0 Å². The number of fused-ring (bicyclic) bond motifs is 4. The fourth-order valence-electron chi connectivity index (χ4n) is 5.00. The van der Waals surface area contributed by atoms with E-state index in [0.717, 1.165) is 60.9 Å². The summed E-state index contributed by atoms with van der Waals surface area (Å²) in [7, 11) is 0. The van der Waals surface area contributed by atoms with Crippen molar-refractivity contribution in [3.63, 3.8) is 0 Å². The monoisotopic (exact) mass is 412 g/mol. The van der Waals surface area contributed by atoms with Gasteiger partial charge in [0.1, 0.15) is 17.2 Å². The highest BCUT2D eigenvalue weighted by Crippen LogP contribution is 2.49. The zero-order valence-corrected chi connectivity index (χ0v) is 17.4. The molecule has 3 aliphatic heterocycles. The Labute approximate surface area is 182 Å². The number of para-hydroxylation sites is 2. The van der Waals surface area contributed by atoms with Crippen LogP contribution in [-0.4, -0.2) is 29.5 Å². The molecule has 3 aliphatic rings. The summed E-state index contributed by atoms with van der Waals surface area (Å²) in [6.07, 6.45) is 2.86. The van der Waals surface area contributed by atoms with Gasteiger partial charge in [0.05, 0.1) is 37.7 Å². The first-order chi connectivity index (χ1) is 15.3. The van der Waals surface area contributed by atoms with Crippen molar-refractivity contribution in [1.29, 1.82) is 0 Å². The van der Waals surface area contributed by atoms with E-state index in [2.05, 4.69) is 46.7 Å². The lowest BCUT2D eigenvalue weighted by Crippen LogP contribution is -2.89. The van der Waals surface area contributed by atoms with Crippen molar-refractivity contribution in [1.82, 2.24) is 5.01 Å². The summed E-state index contributed by atoms with van der Waals surface area (Å²) < 4.78 is 12.6. The third-order valence-corrected chi connectivity index (χ3v) is 6.55. The number of ether oxygens (including phenoxy) is 2. The zero-order valence-electron chi connectivity index (χ0n) is 17.4. The number of hydrazone groups is 1. The van der Waals surface area contributed by atoms with E-state index in [1.807, 2.05) is 42.5 Å². The second kappa shape index (κ2) is 7.43. The molecule has 0 unspecified atom stereocenters. The smallest absolute Gasteiger partial charge is 0.208 e. The summed E-state index contributed by atoms with van der Waals surface area (Å²) in [6.45, 7) is 2.14. The van der Waals surface area contributed by atoms with Crippen molar-refractivity contribution in [3.05, 3.63) is 90.0 Å². The first kappa shape index (κ1) is 18.5. The second-order valence-corrected chi connectivity index (χ2v) is 8.50. The standard InChI is InChI=1S/C26H25N3O2/c1-2-6-20(7-3-1)30-21-12-10-19(11-13-21)23-18-24-22-8-4-5-9-25(22)31-26(29(24)28-23)14-16-27-17-15-26/h1-13,24,27H,14-18H2/p+1/t24-/m1/s1. The van der Waals surface area contributed by atoms with Crippen molar-refractivity contribution >= 4 is 5.71 Å². The van der Waals surface area contributed by atoms with Crippen LogP contribution in [0.1, 0.15) is 36.4 Å². The molecular formula is C26H26N3O2+. The molecule has 0 saturated carbocycles. The molecule has 3 heterocycles. The van der Waals surface area contributed by atoms with Crippen LogP contribution >= 0.6 is 0 Å². The summed E-state index contributed by atoms with van der Waals surface area (Å²) in [5, 5.41) is 9.78. The predicted octanol–water partition coefficient (Wildman–Crippen LogP) is 4.08. The molecule has 1 saturated heterocycles. The van der Waals surface area contributed by atoms with Gasteiger partial charge >= 0.3 is 0 Å². The fraction of sp³-hybridized carbons (Fsp3) is 0.269. The number of benzene rings is 3. The van der Waals surface area contributed by atoms with Gasteiger partial charge in [0.25, 0.3) is 0 Å². The van der Waals surface area contributed by atoms with Crippen LogP contribution in [0.5, 0.6) is 17.2 Å². The molecule has 3 aromatic carbocycles. The average Bonchev–Trinajstić information content (AvgIpc) is 3.28. The van der Waals surface area contributed by atoms with E-state index in [1.54, 1.807) is 0 Å².